The van der Waals surface area contributed by atoms with Gasteiger partial charge in [-0.25, -0.2) is 0 Å². The van der Waals surface area contributed by atoms with E-state index in [1.54, 1.807) is 0 Å². The highest BCUT2D eigenvalue weighted by atomic mass is 127. The summed E-state index contributed by atoms with van der Waals surface area (Å²) in [5.74, 6) is 2.65. The van der Waals surface area contributed by atoms with E-state index >= 15 is 0 Å². The fourth-order valence-electron chi connectivity index (χ4n) is 3.45. The number of rotatable bonds is 5. The number of aliphatic imine (C=N–C) groups is 1. The maximum absolute atomic E-state index is 5.98. The summed E-state index contributed by atoms with van der Waals surface area (Å²) in [7, 11) is 3.93. The third kappa shape index (κ3) is 5.13. The predicted octanol–water partition coefficient (Wildman–Crippen LogP) is 4.18. The van der Waals surface area contributed by atoms with Crippen molar-refractivity contribution in [3.05, 3.63) is 35.6 Å². The molecule has 1 aromatic heterocycles. The van der Waals surface area contributed by atoms with E-state index in [1.165, 1.54) is 30.2 Å². The molecule has 0 aliphatic carbocycles. The third-order valence-electron chi connectivity index (χ3n) is 5.14. The Bertz CT molecular complexity index is 723. The summed E-state index contributed by atoms with van der Waals surface area (Å²) >= 11 is 0. The number of nitrogens with zero attached hydrogens (tertiary/aromatic N) is 2. The number of fused-ring (bicyclic) bond motifs is 1. The summed E-state index contributed by atoms with van der Waals surface area (Å²) in [6.45, 7) is 5.58. The topological polar surface area (TPSA) is 50.0 Å². The molecule has 1 saturated heterocycles. The van der Waals surface area contributed by atoms with Gasteiger partial charge in [0.2, 0.25) is 0 Å². The number of guanidine groups is 1. The Kier molecular flexibility index (Phi) is 8.21. The van der Waals surface area contributed by atoms with Crippen LogP contribution in [0.2, 0.25) is 0 Å². The molecule has 0 atom stereocenters. The number of nitrogens with one attached hydrogen (secondary N) is 1. The van der Waals surface area contributed by atoms with Crippen LogP contribution < -0.4 is 5.32 Å². The first-order valence-corrected chi connectivity index (χ1v) is 9.15. The minimum Gasteiger partial charge on any atom is -0.459 e. The lowest BCUT2D eigenvalue weighted by atomic mass is 9.96. The molecule has 0 amide bonds. The Hall–Kier alpha value is -1.28. The second-order valence-corrected chi connectivity index (χ2v) is 6.81. The summed E-state index contributed by atoms with van der Waals surface area (Å²) in [6.07, 6.45) is 3.54. The van der Waals surface area contributed by atoms with Crippen LogP contribution in [0.25, 0.3) is 11.0 Å². The van der Waals surface area contributed by atoms with E-state index in [-0.39, 0.29) is 24.0 Å². The number of furan rings is 1. The molecular weight excluding hydrogens is 441 g/mol. The number of ether oxygens (including phenoxy) is 1. The number of benzene rings is 1. The van der Waals surface area contributed by atoms with Gasteiger partial charge < -0.3 is 19.4 Å². The SMILES string of the molecule is CN=C(NCc1oc2ccccc2c1C)N(C)CCC1CCOCC1.I. The highest BCUT2D eigenvalue weighted by molar-refractivity contribution is 14.0. The van der Waals surface area contributed by atoms with Crippen molar-refractivity contribution >= 4 is 40.9 Å². The monoisotopic (exact) mass is 471 g/mol. The van der Waals surface area contributed by atoms with E-state index in [0.717, 1.165) is 43.0 Å². The Balaban J connectivity index is 0.00000243. The van der Waals surface area contributed by atoms with Crippen molar-refractivity contribution in [1.82, 2.24) is 10.2 Å². The van der Waals surface area contributed by atoms with Crippen molar-refractivity contribution in [2.75, 3.05) is 33.9 Å². The molecule has 6 heteroatoms. The van der Waals surface area contributed by atoms with Gasteiger partial charge in [-0.1, -0.05) is 18.2 Å². The van der Waals surface area contributed by atoms with Crippen LogP contribution in [0.15, 0.2) is 33.7 Å². The lowest BCUT2D eigenvalue weighted by molar-refractivity contribution is 0.0625. The van der Waals surface area contributed by atoms with Gasteiger partial charge >= 0.3 is 0 Å². The zero-order chi connectivity index (χ0) is 17.6. The lowest BCUT2D eigenvalue weighted by Crippen LogP contribution is -2.39. The zero-order valence-corrected chi connectivity index (χ0v) is 18.3. The molecule has 0 spiro atoms. The number of halogens is 1. The molecule has 0 bridgehead atoms. The van der Waals surface area contributed by atoms with E-state index in [1.807, 2.05) is 25.2 Å². The molecule has 1 N–H and O–H groups in total. The molecule has 1 aliphatic rings. The molecule has 1 aromatic carbocycles. The van der Waals surface area contributed by atoms with Gasteiger partial charge in [-0.2, -0.15) is 0 Å². The second kappa shape index (κ2) is 10.2. The second-order valence-electron chi connectivity index (χ2n) is 6.81. The normalized spacial score (nSPS) is 15.7. The van der Waals surface area contributed by atoms with Crippen molar-refractivity contribution in [2.45, 2.75) is 32.7 Å². The first-order valence-electron chi connectivity index (χ1n) is 9.15. The third-order valence-corrected chi connectivity index (χ3v) is 5.14. The van der Waals surface area contributed by atoms with Crippen LogP contribution >= 0.6 is 24.0 Å². The van der Waals surface area contributed by atoms with Crippen LogP contribution in [0, 0.1) is 12.8 Å². The average Bonchev–Trinajstić information content (AvgIpc) is 2.97. The molecule has 144 valence electrons. The number of para-hydroxylation sites is 1. The van der Waals surface area contributed by atoms with Crippen molar-refractivity contribution in [2.24, 2.45) is 10.9 Å². The van der Waals surface area contributed by atoms with E-state index in [9.17, 15) is 0 Å². The van der Waals surface area contributed by atoms with Gasteiger partial charge in [0, 0.05) is 44.8 Å². The van der Waals surface area contributed by atoms with Crippen LogP contribution in [0.4, 0.5) is 0 Å². The van der Waals surface area contributed by atoms with Crippen LogP contribution in [-0.4, -0.2) is 44.7 Å². The molecule has 0 unspecified atom stereocenters. The molecule has 5 nitrogen and oxygen atoms in total. The van der Waals surface area contributed by atoms with Crippen molar-refractivity contribution in [1.29, 1.82) is 0 Å². The maximum Gasteiger partial charge on any atom is 0.193 e. The van der Waals surface area contributed by atoms with Crippen LogP contribution in [0.1, 0.15) is 30.6 Å². The van der Waals surface area contributed by atoms with Gasteiger partial charge in [-0.05, 0) is 38.2 Å². The minimum atomic E-state index is 0. The maximum atomic E-state index is 5.98. The van der Waals surface area contributed by atoms with Gasteiger partial charge in [0.15, 0.2) is 5.96 Å². The van der Waals surface area contributed by atoms with E-state index < -0.39 is 0 Å². The highest BCUT2D eigenvalue weighted by Crippen LogP contribution is 2.24. The van der Waals surface area contributed by atoms with Gasteiger partial charge in [0.25, 0.3) is 0 Å². The smallest absolute Gasteiger partial charge is 0.193 e. The van der Waals surface area contributed by atoms with Gasteiger partial charge in [-0.3, -0.25) is 4.99 Å². The molecule has 2 aromatic rings. The number of aryl methyl sites for hydroxylation is 1. The van der Waals surface area contributed by atoms with Gasteiger partial charge in [-0.15, -0.1) is 24.0 Å². The molecule has 1 fully saturated rings. The lowest BCUT2D eigenvalue weighted by Gasteiger charge is -2.26. The molecule has 26 heavy (non-hydrogen) atoms. The molecule has 2 heterocycles. The summed E-state index contributed by atoms with van der Waals surface area (Å²) in [4.78, 5) is 6.62. The van der Waals surface area contributed by atoms with Crippen molar-refractivity contribution in [3.8, 4) is 0 Å². The Morgan fingerprint density at radius 1 is 1.27 bits per heavy atom. The predicted molar refractivity (Wildman–Crippen MR) is 117 cm³/mol. The zero-order valence-electron chi connectivity index (χ0n) is 16.0. The Labute approximate surface area is 173 Å². The number of hydrogen-bond donors (Lipinski definition) is 1. The standard InChI is InChI=1S/C20H29N3O2.HI/c1-15-17-6-4-5-7-18(17)25-19(15)14-22-20(21-2)23(3)11-8-16-9-12-24-13-10-16;/h4-7,16H,8-14H2,1-3H3,(H,21,22);1H. The van der Waals surface area contributed by atoms with Crippen LogP contribution in [0.5, 0.6) is 0 Å². The van der Waals surface area contributed by atoms with Crippen LogP contribution in [-0.2, 0) is 11.3 Å². The summed E-state index contributed by atoms with van der Waals surface area (Å²) in [5.41, 5.74) is 2.14. The minimum absolute atomic E-state index is 0. The molecule has 3 rings (SSSR count). The molecule has 0 saturated carbocycles. The van der Waals surface area contributed by atoms with Crippen molar-refractivity contribution in [3.63, 3.8) is 0 Å². The number of hydrogen-bond acceptors (Lipinski definition) is 3. The van der Waals surface area contributed by atoms with E-state index in [0.29, 0.717) is 6.54 Å². The fraction of sp³-hybridized carbons (Fsp3) is 0.550. The highest BCUT2D eigenvalue weighted by Gasteiger charge is 2.16. The van der Waals surface area contributed by atoms with Crippen LogP contribution in [0.3, 0.4) is 0 Å². The summed E-state index contributed by atoms with van der Waals surface area (Å²) in [5, 5.41) is 4.62. The summed E-state index contributed by atoms with van der Waals surface area (Å²) in [6, 6.07) is 8.17. The molecular formula is C20H30IN3O2. The first kappa shape index (κ1) is 21.0. The quantitative estimate of drug-likeness (QED) is 0.404. The summed E-state index contributed by atoms with van der Waals surface area (Å²) < 4.78 is 11.4. The average molecular weight is 471 g/mol. The molecule has 1 aliphatic heterocycles. The largest absolute Gasteiger partial charge is 0.459 e. The van der Waals surface area contributed by atoms with Crippen molar-refractivity contribution < 1.29 is 9.15 Å². The van der Waals surface area contributed by atoms with Gasteiger partial charge in [0.1, 0.15) is 11.3 Å². The Morgan fingerprint density at radius 3 is 2.69 bits per heavy atom. The molecule has 0 radical (unpaired) electrons. The first-order chi connectivity index (χ1) is 12.2. The fourth-order valence-corrected chi connectivity index (χ4v) is 3.45. The van der Waals surface area contributed by atoms with Gasteiger partial charge in [0.05, 0.1) is 6.54 Å². The van der Waals surface area contributed by atoms with E-state index in [4.69, 9.17) is 9.15 Å². The Morgan fingerprint density at radius 2 is 2.00 bits per heavy atom. The van der Waals surface area contributed by atoms with E-state index in [2.05, 4.69) is 35.2 Å².